The Morgan fingerprint density at radius 1 is 1.41 bits per heavy atom. The van der Waals surface area contributed by atoms with Crippen LogP contribution in [0.5, 0.6) is 0 Å². The molecule has 0 aliphatic heterocycles. The molecule has 0 bridgehead atoms. The zero-order chi connectivity index (χ0) is 12.3. The molecule has 4 nitrogen and oxygen atoms in total. The smallest absolute Gasteiger partial charge is 0.133 e. The topological polar surface area (TPSA) is 63.8 Å². The van der Waals surface area contributed by atoms with Crippen molar-refractivity contribution in [2.75, 3.05) is 17.6 Å². The summed E-state index contributed by atoms with van der Waals surface area (Å²) in [7, 11) is 0. The van der Waals surface area contributed by atoms with Crippen molar-refractivity contribution in [1.29, 1.82) is 0 Å². The molecule has 2 aromatic heterocycles. The quantitative estimate of drug-likeness (QED) is 0.837. The second-order valence-corrected chi connectivity index (χ2v) is 5.00. The number of nitrogens with one attached hydrogen (secondary N) is 1. The van der Waals surface area contributed by atoms with Crippen LogP contribution in [0.2, 0.25) is 5.15 Å². The first-order valence-electron chi connectivity index (χ1n) is 5.21. The Bertz CT molecular complexity index is 492. The molecule has 0 unspecified atom stereocenters. The maximum atomic E-state index is 5.81. The number of anilines is 2. The van der Waals surface area contributed by atoms with Gasteiger partial charge in [-0.3, -0.25) is 0 Å². The highest BCUT2D eigenvalue weighted by Gasteiger charge is 2.01. The van der Waals surface area contributed by atoms with Gasteiger partial charge < -0.3 is 11.1 Å². The van der Waals surface area contributed by atoms with Gasteiger partial charge in [-0.1, -0.05) is 11.6 Å². The van der Waals surface area contributed by atoms with Gasteiger partial charge in [0.1, 0.15) is 11.0 Å². The fraction of sp³-hybridized carbons (Fsp3) is 0.273. The minimum atomic E-state index is 0.401. The van der Waals surface area contributed by atoms with E-state index < -0.39 is 0 Å². The number of halogens is 1. The van der Waals surface area contributed by atoms with Crippen molar-refractivity contribution < 1.29 is 0 Å². The highest BCUT2D eigenvalue weighted by atomic mass is 35.5. The Balaban J connectivity index is 1.89. The summed E-state index contributed by atoms with van der Waals surface area (Å²) in [6.45, 7) is 2.76. The summed E-state index contributed by atoms with van der Waals surface area (Å²) in [6, 6.07) is 3.38. The zero-order valence-electron chi connectivity index (χ0n) is 9.40. The van der Waals surface area contributed by atoms with Crippen LogP contribution in [0.4, 0.5) is 11.5 Å². The van der Waals surface area contributed by atoms with Crippen molar-refractivity contribution in [1.82, 2.24) is 9.97 Å². The number of aromatic nitrogens is 2. The predicted molar refractivity (Wildman–Crippen MR) is 72.7 cm³/mol. The monoisotopic (exact) mass is 268 g/mol. The molecule has 0 aliphatic carbocycles. The number of thiazole rings is 1. The number of rotatable bonds is 4. The second-order valence-electron chi connectivity index (χ2n) is 3.67. The van der Waals surface area contributed by atoms with Gasteiger partial charge in [0, 0.05) is 35.8 Å². The van der Waals surface area contributed by atoms with Crippen molar-refractivity contribution >= 4 is 34.4 Å². The number of hydrogen-bond donors (Lipinski definition) is 2. The number of nitrogens with two attached hydrogens (primary N) is 1. The van der Waals surface area contributed by atoms with Crippen molar-refractivity contribution in [3.8, 4) is 0 Å². The van der Waals surface area contributed by atoms with Crippen LogP contribution in [0.3, 0.4) is 0 Å². The highest BCUT2D eigenvalue weighted by Crippen LogP contribution is 2.16. The lowest BCUT2D eigenvalue weighted by molar-refractivity contribution is 0.978. The lowest BCUT2D eigenvalue weighted by Crippen LogP contribution is -2.06. The van der Waals surface area contributed by atoms with Gasteiger partial charge in [0.2, 0.25) is 0 Å². The van der Waals surface area contributed by atoms with Gasteiger partial charge in [0.25, 0.3) is 0 Å². The van der Waals surface area contributed by atoms with Crippen molar-refractivity contribution in [3.05, 3.63) is 33.4 Å². The van der Waals surface area contributed by atoms with E-state index in [4.69, 9.17) is 17.3 Å². The molecule has 0 spiro atoms. The van der Waals surface area contributed by atoms with E-state index >= 15 is 0 Å². The largest absolute Gasteiger partial charge is 0.399 e. The number of aryl methyl sites for hydroxylation is 1. The minimum absolute atomic E-state index is 0.401. The van der Waals surface area contributed by atoms with Crippen LogP contribution in [0.15, 0.2) is 17.5 Å². The van der Waals surface area contributed by atoms with Crippen LogP contribution in [-0.2, 0) is 6.42 Å². The van der Waals surface area contributed by atoms with Gasteiger partial charge in [0.15, 0.2) is 0 Å². The van der Waals surface area contributed by atoms with E-state index in [9.17, 15) is 0 Å². The minimum Gasteiger partial charge on any atom is -0.399 e. The molecule has 17 heavy (non-hydrogen) atoms. The standard InChI is InChI=1S/C11H13ClN4S/c1-7-6-17-11(15-7)2-3-14-10-5-8(13)4-9(12)16-10/h4-6H,2-3H2,1H3,(H3,13,14,16). The average molecular weight is 269 g/mol. The van der Waals surface area contributed by atoms with E-state index in [1.807, 2.05) is 12.3 Å². The maximum absolute atomic E-state index is 5.81. The lowest BCUT2D eigenvalue weighted by Gasteiger charge is -2.05. The molecule has 2 heterocycles. The van der Waals surface area contributed by atoms with Crippen LogP contribution in [-0.4, -0.2) is 16.5 Å². The third-order valence-electron chi connectivity index (χ3n) is 2.13. The van der Waals surface area contributed by atoms with Gasteiger partial charge in [-0.15, -0.1) is 11.3 Å². The average Bonchev–Trinajstić information content (AvgIpc) is 2.63. The normalized spacial score (nSPS) is 10.5. The molecule has 90 valence electrons. The highest BCUT2D eigenvalue weighted by molar-refractivity contribution is 7.09. The molecule has 6 heteroatoms. The Morgan fingerprint density at radius 2 is 2.24 bits per heavy atom. The van der Waals surface area contributed by atoms with E-state index in [2.05, 4.69) is 15.3 Å². The summed E-state index contributed by atoms with van der Waals surface area (Å²) < 4.78 is 0. The van der Waals surface area contributed by atoms with Crippen LogP contribution >= 0.6 is 22.9 Å². The van der Waals surface area contributed by atoms with E-state index in [1.54, 1.807) is 23.5 Å². The third kappa shape index (κ3) is 3.57. The molecule has 0 saturated heterocycles. The molecule has 0 aliphatic rings. The summed E-state index contributed by atoms with van der Waals surface area (Å²) >= 11 is 7.48. The van der Waals surface area contributed by atoms with E-state index in [0.717, 1.165) is 23.7 Å². The molecule has 0 fully saturated rings. The van der Waals surface area contributed by atoms with Gasteiger partial charge >= 0.3 is 0 Å². The number of nitrogens with zero attached hydrogens (tertiary/aromatic N) is 2. The SMILES string of the molecule is Cc1csc(CCNc2cc(N)cc(Cl)n2)n1. The molecule has 3 N–H and O–H groups in total. The van der Waals surface area contributed by atoms with Gasteiger partial charge in [-0.05, 0) is 13.0 Å². The first-order valence-corrected chi connectivity index (χ1v) is 6.47. The van der Waals surface area contributed by atoms with Gasteiger partial charge in [-0.25, -0.2) is 9.97 Å². The molecular weight excluding hydrogens is 256 g/mol. The van der Waals surface area contributed by atoms with Crippen LogP contribution in [0.1, 0.15) is 10.7 Å². The molecule has 0 atom stereocenters. The summed E-state index contributed by atoms with van der Waals surface area (Å²) in [5, 5.41) is 6.74. The Labute approximate surface area is 109 Å². The molecule has 0 saturated carbocycles. The second kappa shape index (κ2) is 5.33. The lowest BCUT2D eigenvalue weighted by atomic mass is 10.4. The van der Waals surface area contributed by atoms with Crippen molar-refractivity contribution in [2.24, 2.45) is 0 Å². The zero-order valence-corrected chi connectivity index (χ0v) is 11.0. The van der Waals surface area contributed by atoms with E-state index in [1.165, 1.54) is 0 Å². The molecule has 0 aromatic carbocycles. The van der Waals surface area contributed by atoms with Crippen molar-refractivity contribution in [3.63, 3.8) is 0 Å². The molecule has 2 rings (SSSR count). The maximum Gasteiger partial charge on any atom is 0.133 e. The van der Waals surface area contributed by atoms with Gasteiger partial charge in [0.05, 0.1) is 5.01 Å². The van der Waals surface area contributed by atoms with E-state index in [0.29, 0.717) is 16.7 Å². The fourth-order valence-electron chi connectivity index (χ4n) is 1.42. The third-order valence-corrected chi connectivity index (χ3v) is 3.35. The molecule has 0 radical (unpaired) electrons. The van der Waals surface area contributed by atoms with Crippen molar-refractivity contribution in [2.45, 2.75) is 13.3 Å². The van der Waals surface area contributed by atoms with Crippen LogP contribution in [0.25, 0.3) is 0 Å². The molecule has 0 amide bonds. The van der Waals surface area contributed by atoms with Crippen LogP contribution in [0, 0.1) is 6.92 Å². The fourth-order valence-corrected chi connectivity index (χ4v) is 2.42. The summed E-state index contributed by atoms with van der Waals surface area (Å²) in [6.07, 6.45) is 0.868. The Hall–Kier alpha value is -1.33. The summed E-state index contributed by atoms with van der Waals surface area (Å²) in [5.74, 6) is 0.697. The van der Waals surface area contributed by atoms with E-state index in [-0.39, 0.29) is 0 Å². The molecule has 2 aromatic rings. The summed E-state index contributed by atoms with van der Waals surface area (Å²) in [4.78, 5) is 8.51. The van der Waals surface area contributed by atoms with Crippen LogP contribution < -0.4 is 11.1 Å². The number of pyridine rings is 1. The Morgan fingerprint density at radius 3 is 2.88 bits per heavy atom. The first kappa shape index (κ1) is 12.1. The summed E-state index contributed by atoms with van der Waals surface area (Å²) in [5.41, 5.74) is 7.34. The van der Waals surface area contributed by atoms with Gasteiger partial charge in [-0.2, -0.15) is 0 Å². The molecular formula is C11H13ClN4S. The number of hydrogen-bond acceptors (Lipinski definition) is 5. The number of nitrogen functional groups attached to an aromatic ring is 1. The first-order chi connectivity index (χ1) is 8.13. The Kier molecular flexibility index (Phi) is 3.81. The predicted octanol–water partition coefficient (Wildman–Crippen LogP) is 2.74.